The lowest BCUT2D eigenvalue weighted by molar-refractivity contribution is 0.123. The molecule has 2 unspecified atom stereocenters. The maximum absolute atomic E-state index is 9.84. The molecule has 2 rings (SSSR count). The van der Waals surface area contributed by atoms with Gasteiger partial charge in [0.15, 0.2) is 0 Å². The molecule has 1 aromatic rings. The summed E-state index contributed by atoms with van der Waals surface area (Å²) in [5, 5.41) is 9.84. The second-order valence-electron chi connectivity index (χ2n) is 6.14. The van der Waals surface area contributed by atoms with E-state index in [9.17, 15) is 5.11 Å². The third-order valence-electron chi connectivity index (χ3n) is 4.74. The first-order valence-corrected chi connectivity index (χ1v) is 8.24. The summed E-state index contributed by atoms with van der Waals surface area (Å²) in [7, 11) is 0. The van der Waals surface area contributed by atoms with Crippen molar-refractivity contribution in [3.8, 4) is 5.75 Å². The zero-order chi connectivity index (χ0) is 14.5. The first kappa shape index (κ1) is 15.4. The minimum Gasteiger partial charge on any atom is -0.508 e. The van der Waals surface area contributed by atoms with Crippen molar-refractivity contribution in [2.24, 2.45) is 0 Å². The Balaban J connectivity index is 2.27. The third kappa shape index (κ3) is 3.35. The number of hydrogen-bond acceptors (Lipinski definition) is 2. The van der Waals surface area contributed by atoms with Crippen LogP contribution in [0.2, 0.25) is 0 Å². The first-order chi connectivity index (χ1) is 9.67. The van der Waals surface area contributed by atoms with Crippen LogP contribution in [0, 0.1) is 0 Å². The summed E-state index contributed by atoms with van der Waals surface area (Å²) in [6, 6.07) is 7.06. The summed E-state index contributed by atoms with van der Waals surface area (Å²) in [4.78, 5) is 2.67. The van der Waals surface area contributed by atoms with Gasteiger partial charge in [0, 0.05) is 12.1 Å². The van der Waals surface area contributed by atoms with E-state index in [0.717, 1.165) is 6.42 Å². The second kappa shape index (κ2) is 7.12. The Morgan fingerprint density at radius 2 is 2.15 bits per heavy atom. The van der Waals surface area contributed by atoms with Gasteiger partial charge >= 0.3 is 0 Å². The van der Waals surface area contributed by atoms with Crippen LogP contribution in [0.5, 0.6) is 5.75 Å². The molecule has 0 aliphatic heterocycles. The Morgan fingerprint density at radius 3 is 2.85 bits per heavy atom. The molecule has 1 aromatic carbocycles. The van der Waals surface area contributed by atoms with Gasteiger partial charge < -0.3 is 5.11 Å². The van der Waals surface area contributed by atoms with Crippen LogP contribution in [-0.4, -0.2) is 22.6 Å². The van der Waals surface area contributed by atoms with Crippen molar-refractivity contribution in [2.45, 2.75) is 71.4 Å². The van der Waals surface area contributed by atoms with Crippen LogP contribution < -0.4 is 0 Å². The van der Waals surface area contributed by atoms with Crippen LogP contribution in [0.3, 0.4) is 0 Å². The highest BCUT2D eigenvalue weighted by Crippen LogP contribution is 2.37. The number of rotatable bonds is 6. The summed E-state index contributed by atoms with van der Waals surface area (Å²) in [6.07, 6.45) is 7.34. The molecule has 0 aromatic heterocycles. The highest BCUT2D eigenvalue weighted by atomic mass is 16.3. The van der Waals surface area contributed by atoms with Gasteiger partial charge in [-0.2, -0.15) is 0 Å². The van der Waals surface area contributed by atoms with E-state index in [1.807, 2.05) is 12.1 Å². The summed E-state index contributed by atoms with van der Waals surface area (Å²) >= 11 is 0. The fraction of sp³-hybridized carbons (Fsp3) is 0.667. The minimum atomic E-state index is 0.412. The van der Waals surface area contributed by atoms with Crippen molar-refractivity contribution in [3.05, 3.63) is 29.3 Å². The number of nitrogens with zero attached hydrogens (tertiary/aromatic N) is 1. The fourth-order valence-corrected chi connectivity index (χ4v) is 3.36. The Kier molecular flexibility index (Phi) is 5.47. The molecule has 0 heterocycles. The lowest BCUT2D eigenvalue weighted by atomic mass is 9.85. The lowest BCUT2D eigenvalue weighted by Gasteiger charge is -2.39. The average molecular weight is 275 g/mol. The predicted octanol–water partition coefficient (Wildman–Crippen LogP) is 4.67. The van der Waals surface area contributed by atoms with Crippen LogP contribution in [0.1, 0.15) is 70.0 Å². The van der Waals surface area contributed by atoms with E-state index in [2.05, 4.69) is 31.7 Å². The minimum absolute atomic E-state index is 0.412. The number of aryl methyl sites for hydroxylation is 1. The van der Waals surface area contributed by atoms with Gasteiger partial charge in [-0.3, -0.25) is 4.90 Å². The van der Waals surface area contributed by atoms with Gasteiger partial charge in [-0.1, -0.05) is 26.3 Å². The van der Waals surface area contributed by atoms with Crippen LogP contribution in [0.15, 0.2) is 18.2 Å². The van der Waals surface area contributed by atoms with Gasteiger partial charge in [0.05, 0.1) is 0 Å². The van der Waals surface area contributed by atoms with E-state index in [1.165, 1.54) is 49.8 Å². The summed E-state index contributed by atoms with van der Waals surface area (Å²) in [6.45, 7) is 8.04. The molecule has 1 N–H and O–H groups in total. The summed E-state index contributed by atoms with van der Waals surface area (Å²) in [5.74, 6) is 0.412. The smallest absolute Gasteiger partial charge is 0.115 e. The van der Waals surface area contributed by atoms with Crippen LogP contribution in [0.25, 0.3) is 0 Å². The van der Waals surface area contributed by atoms with Crippen LogP contribution >= 0.6 is 0 Å². The molecule has 0 spiro atoms. The van der Waals surface area contributed by atoms with E-state index in [-0.39, 0.29) is 0 Å². The Morgan fingerprint density at radius 1 is 1.35 bits per heavy atom. The molecule has 0 saturated heterocycles. The molecule has 0 fully saturated rings. The zero-order valence-electron chi connectivity index (χ0n) is 13.2. The van der Waals surface area contributed by atoms with E-state index < -0.39 is 0 Å². The van der Waals surface area contributed by atoms with Gasteiger partial charge in [0.1, 0.15) is 5.75 Å². The molecule has 0 saturated carbocycles. The Bertz CT molecular complexity index is 429. The Hall–Kier alpha value is -1.02. The molecule has 0 radical (unpaired) electrons. The molecule has 20 heavy (non-hydrogen) atoms. The molecule has 112 valence electrons. The highest BCUT2D eigenvalue weighted by Gasteiger charge is 2.28. The fourth-order valence-electron chi connectivity index (χ4n) is 3.36. The molecular formula is C18H29NO. The number of benzene rings is 1. The molecular weight excluding hydrogens is 246 g/mol. The van der Waals surface area contributed by atoms with Crippen molar-refractivity contribution in [1.82, 2.24) is 4.90 Å². The van der Waals surface area contributed by atoms with Crippen molar-refractivity contribution < 1.29 is 5.11 Å². The highest BCUT2D eigenvalue weighted by molar-refractivity contribution is 5.38. The molecule has 2 heteroatoms. The van der Waals surface area contributed by atoms with Crippen molar-refractivity contribution in [3.63, 3.8) is 0 Å². The van der Waals surface area contributed by atoms with Crippen molar-refractivity contribution >= 4 is 0 Å². The number of phenolic OH excluding ortho intramolecular Hbond substituents is 1. The molecule has 1 aliphatic carbocycles. The van der Waals surface area contributed by atoms with Crippen molar-refractivity contribution in [1.29, 1.82) is 0 Å². The SMILES string of the molecule is CCCCN(C(C)CC)C1CCCc2ccc(O)cc21. The maximum Gasteiger partial charge on any atom is 0.115 e. The summed E-state index contributed by atoms with van der Waals surface area (Å²) in [5.41, 5.74) is 2.80. The molecule has 0 amide bonds. The number of hydrogen-bond donors (Lipinski definition) is 1. The Labute approximate surface area is 123 Å². The third-order valence-corrected chi connectivity index (χ3v) is 4.74. The average Bonchev–Trinajstić information content (AvgIpc) is 2.47. The first-order valence-electron chi connectivity index (χ1n) is 8.24. The largest absolute Gasteiger partial charge is 0.508 e. The number of phenols is 1. The molecule has 1 aliphatic rings. The van der Waals surface area contributed by atoms with Gasteiger partial charge in [-0.25, -0.2) is 0 Å². The monoisotopic (exact) mass is 275 g/mol. The van der Waals surface area contributed by atoms with E-state index in [4.69, 9.17) is 0 Å². The lowest BCUT2D eigenvalue weighted by Crippen LogP contribution is -2.38. The number of unbranched alkanes of at least 4 members (excludes halogenated alkanes) is 1. The van der Waals surface area contributed by atoms with Gasteiger partial charge in [-0.15, -0.1) is 0 Å². The zero-order valence-corrected chi connectivity index (χ0v) is 13.2. The molecule has 2 atom stereocenters. The number of fused-ring (bicyclic) bond motifs is 1. The summed E-state index contributed by atoms with van der Waals surface area (Å²) < 4.78 is 0. The van der Waals surface area contributed by atoms with E-state index in [1.54, 1.807) is 0 Å². The van der Waals surface area contributed by atoms with E-state index in [0.29, 0.717) is 17.8 Å². The number of aromatic hydroxyl groups is 1. The van der Waals surface area contributed by atoms with Gasteiger partial charge in [0.2, 0.25) is 0 Å². The van der Waals surface area contributed by atoms with Crippen molar-refractivity contribution in [2.75, 3.05) is 6.54 Å². The van der Waals surface area contributed by atoms with Gasteiger partial charge in [0.25, 0.3) is 0 Å². The van der Waals surface area contributed by atoms with Gasteiger partial charge in [-0.05, 0) is 68.8 Å². The van der Waals surface area contributed by atoms with Crippen LogP contribution in [0.4, 0.5) is 0 Å². The standard InChI is InChI=1S/C18H29NO/c1-4-6-12-19(14(3)5-2)18-9-7-8-15-10-11-16(20)13-17(15)18/h10-11,13-14,18,20H,4-9,12H2,1-3H3. The quantitative estimate of drug-likeness (QED) is 0.815. The van der Waals surface area contributed by atoms with E-state index >= 15 is 0 Å². The predicted molar refractivity (Wildman–Crippen MR) is 85.2 cm³/mol. The second-order valence-corrected chi connectivity index (χ2v) is 6.14. The molecule has 2 nitrogen and oxygen atoms in total. The molecule has 0 bridgehead atoms. The topological polar surface area (TPSA) is 23.5 Å². The normalized spacial score (nSPS) is 19.9. The van der Waals surface area contributed by atoms with Crippen LogP contribution in [-0.2, 0) is 6.42 Å². The maximum atomic E-state index is 9.84.